The van der Waals surface area contributed by atoms with Crippen LogP contribution in [-0.2, 0) is 20.9 Å². The molecule has 3 aromatic rings. The average Bonchev–Trinajstić information content (AvgIpc) is 2.86. The summed E-state index contributed by atoms with van der Waals surface area (Å²) < 4.78 is 11.2. The van der Waals surface area contributed by atoms with Gasteiger partial charge >= 0.3 is 5.97 Å². The van der Waals surface area contributed by atoms with Gasteiger partial charge in [-0.05, 0) is 43.2 Å². The third kappa shape index (κ3) is 5.97. The monoisotopic (exact) mass is 454 g/mol. The van der Waals surface area contributed by atoms with Crippen molar-refractivity contribution in [3.8, 4) is 12.3 Å². The second-order valence-electron chi connectivity index (χ2n) is 7.18. The van der Waals surface area contributed by atoms with E-state index in [4.69, 9.17) is 15.9 Å². The third-order valence-electron chi connectivity index (χ3n) is 5.06. The highest BCUT2D eigenvalue weighted by Crippen LogP contribution is 2.39. The second-order valence-corrected chi connectivity index (χ2v) is 8.30. The molecule has 0 saturated heterocycles. The van der Waals surface area contributed by atoms with E-state index in [1.54, 1.807) is 11.8 Å². The number of carbonyl (C=O) groups excluding carboxylic acids is 1. The maximum absolute atomic E-state index is 12.6. The second kappa shape index (κ2) is 11.8. The fraction of sp³-hybridized carbons (Fsp3) is 0.138. The topological polar surface area (TPSA) is 35.5 Å². The lowest BCUT2D eigenvalue weighted by molar-refractivity contribution is -0.135. The summed E-state index contributed by atoms with van der Waals surface area (Å²) in [6, 6.07) is 25.8. The van der Waals surface area contributed by atoms with Crippen molar-refractivity contribution >= 4 is 29.1 Å². The number of hydrogen-bond donors (Lipinski definition) is 0. The van der Waals surface area contributed by atoms with E-state index in [1.165, 1.54) is 7.11 Å². The van der Waals surface area contributed by atoms with Crippen LogP contribution in [0.1, 0.15) is 30.5 Å². The van der Waals surface area contributed by atoms with Gasteiger partial charge < -0.3 is 9.47 Å². The van der Waals surface area contributed by atoms with E-state index in [-0.39, 0.29) is 12.2 Å². The van der Waals surface area contributed by atoms with Crippen LogP contribution in [0.25, 0.3) is 11.3 Å². The first kappa shape index (κ1) is 24.0. The molecule has 0 unspecified atom stereocenters. The molecule has 0 radical (unpaired) electrons. The van der Waals surface area contributed by atoms with E-state index >= 15 is 0 Å². The number of carbonyl (C=O) groups is 1. The van der Waals surface area contributed by atoms with E-state index < -0.39 is 5.97 Å². The Morgan fingerprint density at radius 2 is 1.67 bits per heavy atom. The lowest BCUT2D eigenvalue weighted by Crippen LogP contribution is -2.10. The van der Waals surface area contributed by atoms with E-state index in [0.717, 1.165) is 32.1 Å². The number of esters is 1. The van der Waals surface area contributed by atoms with Crippen molar-refractivity contribution in [3.63, 3.8) is 0 Å². The number of ether oxygens (including phenoxy) is 2. The van der Waals surface area contributed by atoms with Crippen LogP contribution in [0.3, 0.4) is 0 Å². The number of rotatable bonds is 8. The molecule has 3 rings (SSSR count). The van der Waals surface area contributed by atoms with Crippen LogP contribution in [0.5, 0.6) is 0 Å². The summed E-state index contributed by atoms with van der Waals surface area (Å²) in [6.45, 7) is 4.29. The predicted molar refractivity (Wildman–Crippen MR) is 135 cm³/mol. The molecule has 0 spiro atoms. The Morgan fingerprint density at radius 1 is 1.00 bits per heavy atom. The molecule has 4 heteroatoms. The normalized spacial score (nSPS) is 11.9. The number of methoxy groups -OCH3 is 1. The first-order valence-electron chi connectivity index (χ1n) is 10.5. The van der Waals surface area contributed by atoms with Gasteiger partial charge in [0.05, 0.1) is 7.11 Å². The van der Waals surface area contributed by atoms with Crippen molar-refractivity contribution in [1.29, 1.82) is 0 Å². The number of benzene rings is 3. The largest absolute Gasteiger partial charge is 0.487 e. The molecule has 0 amide bonds. The van der Waals surface area contributed by atoms with Crippen molar-refractivity contribution in [1.82, 2.24) is 0 Å². The van der Waals surface area contributed by atoms with E-state index in [9.17, 15) is 4.79 Å². The molecule has 0 aliphatic carbocycles. The molecule has 0 aromatic heterocycles. The summed E-state index contributed by atoms with van der Waals surface area (Å²) in [7, 11) is 1.31. The van der Waals surface area contributed by atoms with Gasteiger partial charge in [0, 0.05) is 20.9 Å². The first-order valence-corrected chi connectivity index (χ1v) is 11.4. The minimum atomic E-state index is -0.606. The fourth-order valence-corrected chi connectivity index (χ4v) is 4.37. The Bertz CT molecular complexity index is 1200. The Kier molecular flexibility index (Phi) is 8.57. The third-order valence-corrected chi connectivity index (χ3v) is 6.12. The van der Waals surface area contributed by atoms with Crippen molar-refractivity contribution in [3.05, 3.63) is 107 Å². The molecule has 0 aliphatic rings. The molecule has 0 fully saturated rings. The SMILES string of the molecule is C#C/C(C(=O)OC)=C(/OCc1ccccc1)c1cccc(Sc2ccccc2)c1/C(C)=C\C. The van der Waals surface area contributed by atoms with Gasteiger partial charge in [0.25, 0.3) is 0 Å². The van der Waals surface area contributed by atoms with Crippen molar-refractivity contribution in [2.45, 2.75) is 30.2 Å². The van der Waals surface area contributed by atoms with Crippen molar-refractivity contribution < 1.29 is 14.3 Å². The lowest BCUT2D eigenvalue weighted by atomic mass is 9.97. The van der Waals surface area contributed by atoms with Gasteiger partial charge in [-0.25, -0.2) is 4.79 Å². The minimum absolute atomic E-state index is 0.0560. The zero-order valence-corrected chi connectivity index (χ0v) is 19.8. The quantitative estimate of drug-likeness (QED) is 0.159. The standard InChI is InChI=1S/C29H26O3S/c1-5-21(3)27-25(18-13-19-26(27)33-23-16-11-8-12-17-23)28(24(6-2)29(30)31-4)32-20-22-14-9-7-10-15-22/h2,5,7-19H,20H2,1,3-4H3/b21-5-,28-24-. The van der Waals surface area contributed by atoms with Crippen LogP contribution in [0.4, 0.5) is 0 Å². The minimum Gasteiger partial charge on any atom is -0.487 e. The van der Waals surface area contributed by atoms with Gasteiger partial charge in [-0.2, -0.15) is 0 Å². The Morgan fingerprint density at radius 3 is 2.27 bits per heavy atom. The summed E-state index contributed by atoms with van der Waals surface area (Å²) in [4.78, 5) is 14.7. The molecule has 0 atom stereocenters. The smallest absolute Gasteiger partial charge is 0.350 e. The summed E-state index contributed by atoms with van der Waals surface area (Å²) in [5.41, 5.74) is 3.79. The van der Waals surface area contributed by atoms with Crippen LogP contribution in [0.2, 0.25) is 0 Å². The van der Waals surface area contributed by atoms with Crippen molar-refractivity contribution in [2.75, 3.05) is 7.11 Å². The zero-order chi connectivity index (χ0) is 23.6. The molecule has 3 aromatic carbocycles. The molecule has 3 nitrogen and oxygen atoms in total. The lowest BCUT2D eigenvalue weighted by Gasteiger charge is -2.19. The number of terminal acetylenes is 1. The highest BCUT2D eigenvalue weighted by molar-refractivity contribution is 7.99. The van der Waals surface area contributed by atoms with Crippen LogP contribution in [0.15, 0.2) is 100 Å². The molecule has 33 heavy (non-hydrogen) atoms. The Labute approximate surface area is 200 Å². The van der Waals surface area contributed by atoms with Gasteiger partial charge in [-0.15, -0.1) is 6.42 Å². The predicted octanol–water partition coefficient (Wildman–Crippen LogP) is 7.00. The van der Waals surface area contributed by atoms with E-state index in [0.29, 0.717) is 5.76 Å². The molecule has 0 N–H and O–H groups in total. The fourth-order valence-electron chi connectivity index (χ4n) is 3.31. The van der Waals surface area contributed by atoms with Crippen LogP contribution >= 0.6 is 11.8 Å². The Balaban J connectivity index is 2.18. The first-order chi connectivity index (χ1) is 16.1. The Hall–Kier alpha value is -3.68. The molecule has 0 bridgehead atoms. The van der Waals surface area contributed by atoms with E-state index in [1.807, 2.05) is 80.6 Å². The molecule has 0 aliphatic heterocycles. The maximum atomic E-state index is 12.6. The molecule has 0 heterocycles. The van der Waals surface area contributed by atoms with Gasteiger partial charge in [0.2, 0.25) is 0 Å². The number of allylic oxidation sites excluding steroid dienone is 2. The molecular formula is C29H26O3S. The summed E-state index contributed by atoms with van der Waals surface area (Å²) >= 11 is 1.65. The molecular weight excluding hydrogens is 428 g/mol. The average molecular weight is 455 g/mol. The number of hydrogen-bond acceptors (Lipinski definition) is 4. The molecule has 166 valence electrons. The highest BCUT2D eigenvalue weighted by atomic mass is 32.2. The molecule has 0 saturated carbocycles. The van der Waals surface area contributed by atoms with Gasteiger partial charge in [0.15, 0.2) is 11.3 Å². The van der Waals surface area contributed by atoms with Gasteiger partial charge in [0.1, 0.15) is 6.61 Å². The van der Waals surface area contributed by atoms with Crippen molar-refractivity contribution in [2.24, 2.45) is 0 Å². The maximum Gasteiger partial charge on any atom is 0.350 e. The summed E-state index contributed by atoms with van der Waals surface area (Å²) in [5.74, 6) is 2.22. The van der Waals surface area contributed by atoms with E-state index in [2.05, 4.69) is 24.1 Å². The van der Waals surface area contributed by atoms with Crippen LogP contribution in [0, 0.1) is 12.3 Å². The van der Waals surface area contributed by atoms with Crippen LogP contribution in [-0.4, -0.2) is 13.1 Å². The summed E-state index contributed by atoms with van der Waals surface area (Å²) in [6.07, 6.45) is 7.81. The highest BCUT2D eigenvalue weighted by Gasteiger charge is 2.22. The summed E-state index contributed by atoms with van der Waals surface area (Å²) in [5, 5.41) is 0. The van der Waals surface area contributed by atoms with Gasteiger partial charge in [-0.1, -0.05) is 84.4 Å². The zero-order valence-electron chi connectivity index (χ0n) is 19.0. The van der Waals surface area contributed by atoms with Crippen LogP contribution < -0.4 is 0 Å². The van der Waals surface area contributed by atoms with Gasteiger partial charge in [-0.3, -0.25) is 0 Å².